The number of nitrogens with one attached hydrogen (secondary N) is 1. The van der Waals surface area contributed by atoms with Crippen molar-refractivity contribution < 1.29 is 13.2 Å². The van der Waals surface area contributed by atoms with E-state index >= 15 is 0 Å². The lowest BCUT2D eigenvalue weighted by molar-refractivity contribution is -0.136. The van der Waals surface area contributed by atoms with Gasteiger partial charge in [-0.15, -0.1) is 0 Å². The first kappa shape index (κ1) is 15.5. The molecular weight excluding hydrogens is 317 g/mol. The van der Waals surface area contributed by atoms with Crippen molar-refractivity contribution >= 4 is 16.6 Å². The van der Waals surface area contributed by atoms with Crippen LogP contribution in [0.5, 0.6) is 0 Å². The summed E-state index contributed by atoms with van der Waals surface area (Å²) in [6.45, 7) is 3.04. The lowest BCUT2D eigenvalue weighted by Crippen LogP contribution is -2.38. The number of hydrogen-bond acceptors (Lipinski definition) is 2. The summed E-state index contributed by atoms with van der Waals surface area (Å²) in [6, 6.07) is 4.34. The molecule has 2 heterocycles. The Morgan fingerprint density at radius 3 is 2.62 bits per heavy atom. The van der Waals surface area contributed by atoms with E-state index in [2.05, 4.69) is 16.8 Å². The molecule has 1 aliphatic heterocycles. The predicted octanol–water partition coefficient (Wildman–Crippen LogP) is 4.10. The van der Waals surface area contributed by atoms with E-state index in [9.17, 15) is 18.0 Å². The van der Waals surface area contributed by atoms with Crippen molar-refractivity contribution in [1.29, 1.82) is 0 Å². The lowest BCUT2D eigenvalue weighted by atomic mass is 9.93. The third kappa shape index (κ3) is 2.68. The van der Waals surface area contributed by atoms with Gasteiger partial charge in [-0.05, 0) is 56.2 Å². The molecule has 4 rings (SSSR count). The summed E-state index contributed by atoms with van der Waals surface area (Å²) in [5, 5.41) is 0.0794. The highest BCUT2D eigenvalue weighted by atomic mass is 19.4. The monoisotopic (exact) mass is 336 g/mol. The molecule has 1 aromatic heterocycles. The van der Waals surface area contributed by atoms with Crippen molar-refractivity contribution in [3.8, 4) is 0 Å². The molecule has 1 N–H and O–H groups in total. The number of alkyl halides is 3. The number of pyridine rings is 1. The summed E-state index contributed by atoms with van der Waals surface area (Å²) in [4.78, 5) is 16.4. The fraction of sp³-hybridized carbons (Fsp3) is 0.500. The van der Waals surface area contributed by atoms with Crippen LogP contribution in [0.1, 0.15) is 37.3 Å². The van der Waals surface area contributed by atoms with Gasteiger partial charge < -0.3 is 9.88 Å². The average molecular weight is 336 g/mol. The van der Waals surface area contributed by atoms with Gasteiger partial charge in [-0.2, -0.15) is 13.2 Å². The Morgan fingerprint density at radius 1 is 1.21 bits per heavy atom. The molecule has 1 atom stereocenters. The van der Waals surface area contributed by atoms with E-state index in [1.165, 1.54) is 12.8 Å². The lowest BCUT2D eigenvalue weighted by Gasteiger charge is -2.37. The number of aromatic amines is 1. The number of benzene rings is 1. The number of fused-ring (bicyclic) bond motifs is 2. The molecule has 128 valence electrons. The first-order chi connectivity index (χ1) is 11.3. The molecule has 0 saturated heterocycles. The fourth-order valence-electron chi connectivity index (χ4n) is 3.65. The van der Waals surface area contributed by atoms with Crippen LogP contribution in [-0.2, 0) is 12.6 Å². The van der Waals surface area contributed by atoms with E-state index in [0.29, 0.717) is 18.0 Å². The van der Waals surface area contributed by atoms with Gasteiger partial charge in [-0.1, -0.05) is 0 Å². The van der Waals surface area contributed by atoms with Gasteiger partial charge in [0.05, 0.1) is 5.56 Å². The van der Waals surface area contributed by atoms with E-state index < -0.39 is 17.3 Å². The van der Waals surface area contributed by atoms with E-state index in [1.807, 2.05) is 0 Å². The molecule has 24 heavy (non-hydrogen) atoms. The van der Waals surface area contributed by atoms with Crippen LogP contribution < -0.4 is 10.5 Å². The number of halogens is 3. The SMILES string of the molecule is CC1CCc2cc3[nH]c(=O)cc(C(F)(F)F)c3cc2N1CC1CC1. The van der Waals surface area contributed by atoms with Gasteiger partial charge >= 0.3 is 6.18 Å². The van der Waals surface area contributed by atoms with E-state index in [1.54, 1.807) is 12.1 Å². The Hall–Kier alpha value is -1.98. The molecule has 1 unspecified atom stereocenters. The normalized spacial score (nSPS) is 21.2. The molecular formula is C18H19F3N2O. The smallest absolute Gasteiger partial charge is 0.368 e. The molecule has 1 fully saturated rings. The third-order valence-electron chi connectivity index (χ3n) is 5.17. The Bertz CT molecular complexity index is 852. The van der Waals surface area contributed by atoms with Crippen LogP contribution in [0.15, 0.2) is 23.0 Å². The van der Waals surface area contributed by atoms with Crippen molar-refractivity contribution in [2.24, 2.45) is 5.92 Å². The highest BCUT2D eigenvalue weighted by molar-refractivity contribution is 5.88. The maximum absolute atomic E-state index is 13.4. The highest BCUT2D eigenvalue weighted by Gasteiger charge is 2.35. The molecule has 2 aromatic rings. The standard InChI is InChI=1S/C18H19F3N2O/c1-10-2-5-12-6-15-13(7-16(12)23(10)9-11-3-4-11)14(18(19,20)21)8-17(24)22-15/h6-8,10-11H,2-5,9H2,1H3,(H,22,24). The second-order valence-corrected chi connectivity index (χ2v) is 7.05. The molecule has 1 aromatic carbocycles. The molecule has 1 saturated carbocycles. The van der Waals surface area contributed by atoms with Gasteiger partial charge in [-0.25, -0.2) is 0 Å². The minimum Gasteiger partial charge on any atom is -0.368 e. The first-order valence-corrected chi connectivity index (χ1v) is 8.37. The van der Waals surface area contributed by atoms with Gasteiger partial charge in [0.15, 0.2) is 0 Å². The molecule has 0 amide bonds. The van der Waals surface area contributed by atoms with Crippen LogP contribution >= 0.6 is 0 Å². The zero-order chi connectivity index (χ0) is 17.1. The molecule has 0 bridgehead atoms. The number of anilines is 1. The Labute approximate surface area is 137 Å². The van der Waals surface area contributed by atoms with Gasteiger partial charge in [0.2, 0.25) is 5.56 Å². The largest absolute Gasteiger partial charge is 0.417 e. The van der Waals surface area contributed by atoms with Gasteiger partial charge in [-0.3, -0.25) is 4.79 Å². The number of aromatic nitrogens is 1. The zero-order valence-corrected chi connectivity index (χ0v) is 13.4. The number of H-pyrrole nitrogens is 1. The summed E-state index contributed by atoms with van der Waals surface area (Å²) in [7, 11) is 0. The average Bonchev–Trinajstić information content (AvgIpc) is 3.31. The number of hydrogen-bond donors (Lipinski definition) is 1. The Kier molecular flexibility index (Phi) is 3.41. The van der Waals surface area contributed by atoms with E-state index in [4.69, 9.17) is 0 Å². The van der Waals surface area contributed by atoms with Crippen molar-refractivity contribution in [3.05, 3.63) is 39.7 Å². The first-order valence-electron chi connectivity index (χ1n) is 8.37. The molecule has 3 nitrogen and oxygen atoms in total. The molecule has 0 spiro atoms. The van der Waals surface area contributed by atoms with Crippen LogP contribution in [0.4, 0.5) is 18.9 Å². The molecule has 1 aliphatic carbocycles. The third-order valence-corrected chi connectivity index (χ3v) is 5.17. The van der Waals surface area contributed by atoms with Gasteiger partial charge in [0.1, 0.15) is 0 Å². The van der Waals surface area contributed by atoms with Crippen molar-refractivity contribution in [2.75, 3.05) is 11.4 Å². The number of aryl methyl sites for hydroxylation is 1. The number of rotatable bonds is 2. The summed E-state index contributed by atoms with van der Waals surface area (Å²) in [5.41, 5.74) is 0.624. The van der Waals surface area contributed by atoms with Crippen LogP contribution in [0.3, 0.4) is 0 Å². The predicted molar refractivity (Wildman–Crippen MR) is 87.4 cm³/mol. The minimum absolute atomic E-state index is 0.0794. The maximum Gasteiger partial charge on any atom is 0.417 e. The van der Waals surface area contributed by atoms with Crippen LogP contribution in [0.25, 0.3) is 10.9 Å². The molecule has 6 heteroatoms. The van der Waals surface area contributed by atoms with Crippen molar-refractivity contribution in [2.45, 2.75) is 44.8 Å². The quantitative estimate of drug-likeness (QED) is 0.896. The van der Waals surface area contributed by atoms with Crippen molar-refractivity contribution in [3.63, 3.8) is 0 Å². The maximum atomic E-state index is 13.4. The summed E-state index contributed by atoms with van der Waals surface area (Å²) < 4.78 is 40.1. The van der Waals surface area contributed by atoms with E-state index in [0.717, 1.165) is 30.6 Å². The second-order valence-electron chi connectivity index (χ2n) is 7.05. The van der Waals surface area contributed by atoms with Crippen LogP contribution in [0, 0.1) is 5.92 Å². The summed E-state index contributed by atoms with van der Waals surface area (Å²) in [5.74, 6) is 0.659. The Morgan fingerprint density at radius 2 is 1.96 bits per heavy atom. The molecule has 2 aliphatic rings. The molecule has 0 radical (unpaired) electrons. The van der Waals surface area contributed by atoms with E-state index in [-0.39, 0.29) is 10.9 Å². The number of nitrogens with zero attached hydrogens (tertiary/aromatic N) is 1. The highest BCUT2D eigenvalue weighted by Crippen LogP contribution is 2.40. The van der Waals surface area contributed by atoms with Gasteiger partial charge in [0, 0.05) is 35.2 Å². The van der Waals surface area contributed by atoms with Crippen LogP contribution in [-0.4, -0.2) is 17.6 Å². The van der Waals surface area contributed by atoms with Crippen LogP contribution in [0.2, 0.25) is 0 Å². The topological polar surface area (TPSA) is 36.1 Å². The second kappa shape index (κ2) is 5.26. The summed E-state index contributed by atoms with van der Waals surface area (Å²) >= 11 is 0. The van der Waals surface area contributed by atoms with Crippen molar-refractivity contribution in [1.82, 2.24) is 4.98 Å². The Balaban J connectivity index is 1.92. The zero-order valence-electron chi connectivity index (χ0n) is 13.4. The minimum atomic E-state index is -4.54. The van der Waals surface area contributed by atoms with Gasteiger partial charge in [0.25, 0.3) is 0 Å². The fourth-order valence-corrected chi connectivity index (χ4v) is 3.65. The summed E-state index contributed by atoms with van der Waals surface area (Å²) in [6.07, 6.45) is -0.330.